The molecule has 0 spiro atoms. The molecular formula is C12H8F4O2. The maximum atomic E-state index is 13.4. The molecule has 1 aliphatic rings. The second-order valence-corrected chi connectivity index (χ2v) is 3.84. The summed E-state index contributed by atoms with van der Waals surface area (Å²) < 4.78 is 52.9. The van der Waals surface area contributed by atoms with Crippen molar-refractivity contribution in [1.29, 1.82) is 0 Å². The first-order valence-electron chi connectivity index (χ1n) is 4.96. The van der Waals surface area contributed by atoms with Gasteiger partial charge in [0.25, 0.3) is 5.79 Å². The Hall–Kier alpha value is -1.66. The topological polar surface area (TPSA) is 40.5 Å². The monoisotopic (exact) mass is 260 g/mol. The van der Waals surface area contributed by atoms with Gasteiger partial charge < -0.3 is 10.2 Å². The van der Waals surface area contributed by atoms with Crippen LogP contribution < -0.4 is 0 Å². The van der Waals surface area contributed by atoms with Crippen molar-refractivity contribution < 1.29 is 27.8 Å². The Balaban J connectivity index is 2.51. The molecule has 1 atom stereocenters. The highest BCUT2D eigenvalue weighted by atomic mass is 19.2. The lowest BCUT2D eigenvalue weighted by molar-refractivity contribution is -0.175. The highest BCUT2D eigenvalue weighted by Crippen LogP contribution is 2.34. The molecule has 2 rings (SSSR count). The van der Waals surface area contributed by atoms with Gasteiger partial charge in [-0.05, 0) is 23.8 Å². The number of rotatable bonds is 1. The van der Waals surface area contributed by atoms with E-state index in [0.29, 0.717) is 12.2 Å². The SMILES string of the molecule is OC1(O)C(F)=CC(c2cccc(F)c2F)=CC1F. The van der Waals surface area contributed by atoms with E-state index in [2.05, 4.69) is 0 Å². The Morgan fingerprint density at radius 2 is 1.78 bits per heavy atom. The summed E-state index contributed by atoms with van der Waals surface area (Å²) in [5.41, 5.74) is -0.654. The van der Waals surface area contributed by atoms with Gasteiger partial charge in [0.2, 0.25) is 0 Å². The molecule has 0 radical (unpaired) electrons. The van der Waals surface area contributed by atoms with Gasteiger partial charge in [0.15, 0.2) is 23.6 Å². The maximum absolute atomic E-state index is 13.4. The average molecular weight is 260 g/mol. The fraction of sp³-hybridized carbons (Fsp3) is 0.167. The van der Waals surface area contributed by atoms with Crippen LogP contribution in [0.1, 0.15) is 5.56 Å². The number of halogens is 4. The Morgan fingerprint density at radius 1 is 1.11 bits per heavy atom. The van der Waals surface area contributed by atoms with Crippen LogP contribution in [0, 0.1) is 11.6 Å². The van der Waals surface area contributed by atoms with Gasteiger partial charge in [0.05, 0.1) is 0 Å². The molecule has 0 saturated heterocycles. The summed E-state index contributed by atoms with van der Waals surface area (Å²) in [5.74, 6) is -7.27. The summed E-state index contributed by atoms with van der Waals surface area (Å²) in [6.45, 7) is 0. The van der Waals surface area contributed by atoms with E-state index in [1.165, 1.54) is 6.07 Å². The molecule has 0 aliphatic heterocycles. The third-order valence-electron chi connectivity index (χ3n) is 2.61. The van der Waals surface area contributed by atoms with Crippen LogP contribution in [-0.2, 0) is 0 Å². The smallest absolute Gasteiger partial charge is 0.253 e. The van der Waals surface area contributed by atoms with Crippen LogP contribution in [0.4, 0.5) is 17.6 Å². The van der Waals surface area contributed by atoms with E-state index >= 15 is 0 Å². The van der Waals surface area contributed by atoms with Crippen molar-refractivity contribution in [1.82, 2.24) is 0 Å². The van der Waals surface area contributed by atoms with Crippen molar-refractivity contribution in [3.8, 4) is 0 Å². The Morgan fingerprint density at radius 3 is 2.39 bits per heavy atom. The van der Waals surface area contributed by atoms with Gasteiger partial charge in [-0.15, -0.1) is 0 Å². The van der Waals surface area contributed by atoms with E-state index < -0.39 is 29.4 Å². The van der Waals surface area contributed by atoms with Crippen LogP contribution in [0.15, 0.2) is 36.2 Å². The van der Waals surface area contributed by atoms with Gasteiger partial charge >= 0.3 is 0 Å². The second kappa shape index (κ2) is 4.22. The molecule has 0 heterocycles. The molecule has 1 unspecified atom stereocenters. The molecule has 1 aromatic rings. The van der Waals surface area contributed by atoms with Crippen molar-refractivity contribution in [2.24, 2.45) is 0 Å². The molecule has 1 aromatic carbocycles. The minimum Gasteiger partial charge on any atom is -0.358 e. The minimum absolute atomic E-state index is 0.296. The molecule has 0 fully saturated rings. The van der Waals surface area contributed by atoms with Crippen molar-refractivity contribution in [2.45, 2.75) is 12.0 Å². The summed E-state index contributed by atoms with van der Waals surface area (Å²) in [6, 6.07) is 3.16. The lowest BCUT2D eigenvalue weighted by Gasteiger charge is -2.26. The van der Waals surface area contributed by atoms with Gasteiger partial charge in [0, 0.05) is 5.56 Å². The van der Waals surface area contributed by atoms with Gasteiger partial charge in [-0.1, -0.05) is 12.1 Å². The first-order chi connectivity index (χ1) is 8.34. The summed E-state index contributed by atoms with van der Waals surface area (Å²) >= 11 is 0. The number of allylic oxidation sites excluding steroid dienone is 2. The second-order valence-electron chi connectivity index (χ2n) is 3.84. The first-order valence-corrected chi connectivity index (χ1v) is 4.96. The van der Waals surface area contributed by atoms with E-state index in [4.69, 9.17) is 10.2 Å². The summed E-state index contributed by atoms with van der Waals surface area (Å²) in [6.07, 6.45) is -1.31. The zero-order valence-corrected chi connectivity index (χ0v) is 8.87. The molecule has 0 saturated carbocycles. The van der Waals surface area contributed by atoms with Crippen LogP contribution in [-0.4, -0.2) is 22.2 Å². The Bertz CT molecular complexity index is 549. The lowest BCUT2D eigenvalue weighted by atomic mass is 9.94. The number of hydrogen-bond donors (Lipinski definition) is 2. The quantitative estimate of drug-likeness (QED) is 0.600. The minimum atomic E-state index is -3.27. The number of aliphatic hydroxyl groups is 2. The Labute approximate surface area is 99.5 Å². The van der Waals surface area contributed by atoms with Crippen molar-refractivity contribution in [3.63, 3.8) is 0 Å². The fourth-order valence-corrected chi connectivity index (χ4v) is 1.59. The fourth-order valence-electron chi connectivity index (χ4n) is 1.59. The predicted molar refractivity (Wildman–Crippen MR) is 55.6 cm³/mol. The summed E-state index contributed by atoms with van der Waals surface area (Å²) in [4.78, 5) is 0. The summed E-state index contributed by atoms with van der Waals surface area (Å²) in [7, 11) is 0. The molecule has 2 nitrogen and oxygen atoms in total. The molecule has 0 aromatic heterocycles. The van der Waals surface area contributed by atoms with Crippen LogP contribution >= 0.6 is 0 Å². The Kier molecular flexibility index (Phi) is 3.00. The van der Waals surface area contributed by atoms with Crippen LogP contribution in [0.3, 0.4) is 0 Å². The highest BCUT2D eigenvalue weighted by Gasteiger charge is 2.41. The van der Waals surface area contributed by atoms with Crippen LogP contribution in [0.2, 0.25) is 0 Å². The number of alkyl halides is 1. The maximum Gasteiger partial charge on any atom is 0.253 e. The molecule has 18 heavy (non-hydrogen) atoms. The van der Waals surface area contributed by atoms with Crippen LogP contribution in [0.5, 0.6) is 0 Å². The zero-order valence-electron chi connectivity index (χ0n) is 8.87. The van der Waals surface area contributed by atoms with Crippen LogP contribution in [0.25, 0.3) is 5.57 Å². The molecule has 1 aliphatic carbocycles. The molecule has 6 heteroatoms. The van der Waals surface area contributed by atoms with E-state index in [1.807, 2.05) is 0 Å². The number of benzene rings is 1. The third-order valence-corrected chi connectivity index (χ3v) is 2.61. The zero-order chi connectivity index (χ0) is 13.5. The summed E-state index contributed by atoms with van der Waals surface area (Å²) in [5, 5.41) is 18.0. The van der Waals surface area contributed by atoms with Gasteiger partial charge in [0.1, 0.15) is 0 Å². The van der Waals surface area contributed by atoms with Gasteiger partial charge in [-0.2, -0.15) is 0 Å². The first kappa shape index (κ1) is 12.8. The van der Waals surface area contributed by atoms with E-state index in [-0.39, 0.29) is 11.1 Å². The molecule has 0 bridgehead atoms. The van der Waals surface area contributed by atoms with E-state index in [9.17, 15) is 17.6 Å². The molecular weight excluding hydrogens is 252 g/mol. The average Bonchev–Trinajstić information content (AvgIpc) is 2.30. The molecule has 96 valence electrons. The largest absolute Gasteiger partial charge is 0.358 e. The van der Waals surface area contributed by atoms with E-state index in [1.54, 1.807) is 0 Å². The predicted octanol–water partition coefficient (Wildman–Crippen LogP) is 2.23. The van der Waals surface area contributed by atoms with Crippen molar-refractivity contribution >= 4 is 5.57 Å². The van der Waals surface area contributed by atoms with Crippen molar-refractivity contribution in [2.75, 3.05) is 0 Å². The van der Waals surface area contributed by atoms with Gasteiger partial charge in [-0.3, -0.25) is 0 Å². The number of hydrogen-bond acceptors (Lipinski definition) is 2. The van der Waals surface area contributed by atoms with Crippen molar-refractivity contribution in [3.05, 3.63) is 53.4 Å². The van der Waals surface area contributed by atoms with E-state index in [0.717, 1.165) is 12.1 Å². The third kappa shape index (κ3) is 1.93. The van der Waals surface area contributed by atoms with Gasteiger partial charge in [-0.25, -0.2) is 17.6 Å². The molecule has 0 amide bonds. The molecule has 2 N–H and O–H groups in total. The standard InChI is InChI=1S/C12H8F4O2/c13-8-3-1-2-7(11(8)16)6-4-9(14)12(17,18)10(15)5-6/h1-5,9,17-18H. The highest BCUT2D eigenvalue weighted by molar-refractivity contribution is 5.77. The normalized spacial score (nSPS) is 22.4. The lowest BCUT2D eigenvalue weighted by Crippen LogP contribution is -2.41.